The van der Waals surface area contributed by atoms with E-state index in [1.165, 1.54) is 5.56 Å². The lowest BCUT2D eigenvalue weighted by atomic mass is 10.2. The molecule has 2 aliphatic heterocycles. The third-order valence-corrected chi connectivity index (χ3v) is 6.04. The first-order chi connectivity index (χ1) is 14.2. The summed E-state index contributed by atoms with van der Waals surface area (Å²) in [5, 5.41) is 0.723. The van der Waals surface area contributed by atoms with Crippen molar-refractivity contribution in [2.24, 2.45) is 0 Å². The molecule has 0 atom stereocenters. The molecule has 1 saturated heterocycles. The second-order valence-electron chi connectivity index (χ2n) is 7.66. The number of carbonyl (C=O) groups is 1. The zero-order chi connectivity index (χ0) is 20.1. The highest BCUT2D eigenvalue weighted by Crippen LogP contribution is 2.27. The molecule has 0 aromatic heterocycles. The maximum absolute atomic E-state index is 12.7. The van der Waals surface area contributed by atoms with Gasteiger partial charge < -0.3 is 14.5 Å². The molecular formula is C23H28ClN3O2. The maximum Gasteiger partial charge on any atom is 0.228 e. The molecule has 0 aliphatic carbocycles. The Morgan fingerprint density at radius 2 is 1.59 bits per heavy atom. The standard InChI is InChI=1S/C23H28ClN3O2/c24-20-5-7-21(8-6-20)29-18-17-26-15-13-25(14-16-26)11-10-23(28)27-12-9-19-3-1-2-4-22(19)27/h1-8H,9-18H2. The summed E-state index contributed by atoms with van der Waals surface area (Å²) in [4.78, 5) is 19.5. The van der Waals surface area contributed by atoms with Crippen LogP contribution in [0, 0.1) is 0 Å². The number of ether oxygens (including phenoxy) is 1. The Bertz CT molecular complexity index is 819. The third-order valence-electron chi connectivity index (χ3n) is 5.78. The first-order valence-electron chi connectivity index (χ1n) is 10.4. The number of anilines is 1. The van der Waals surface area contributed by atoms with Crippen LogP contribution in [0.2, 0.25) is 5.02 Å². The largest absolute Gasteiger partial charge is 0.492 e. The van der Waals surface area contributed by atoms with Crippen LogP contribution in [0.1, 0.15) is 12.0 Å². The Morgan fingerprint density at radius 1 is 0.897 bits per heavy atom. The number of hydrogen-bond acceptors (Lipinski definition) is 4. The molecule has 0 spiro atoms. The summed E-state index contributed by atoms with van der Waals surface area (Å²) in [6.45, 7) is 7.30. The van der Waals surface area contributed by atoms with E-state index in [0.717, 1.165) is 68.7 Å². The van der Waals surface area contributed by atoms with E-state index in [0.29, 0.717) is 13.0 Å². The normalized spacial score (nSPS) is 17.3. The second kappa shape index (κ2) is 9.61. The molecule has 2 aliphatic rings. The van der Waals surface area contributed by atoms with Crippen molar-refractivity contribution >= 4 is 23.2 Å². The first-order valence-corrected chi connectivity index (χ1v) is 10.8. The number of nitrogens with zero attached hydrogens (tertiary/aromatic N) is 3. The number of piperazine rings is 1. The fourth-order valence-corrected chi connectivity index (χ4v) is 4.17. The predicted molar refractivity (Wildman–Crippen MR) is 117 cm³/mol. The SMILES string of the molecule is O=C(CCN1CCN(CCOc2ccc(Cl)cc2)CC1)N1CCc2ccccc21. The van der Waals surface area contributed by atoms with Gasteiger partial charge in [0, 0.05) is 62.9 Å². The third kappa shape index (κ3) is 5.30. The highest BCUT2D eigenvalue weighted by atomic mass is 35.5. The van der Waals surface area contributed by atoms with Crippen LogP contribution in [-0.2, 0) is 11.2 Å². The molecule has 6 heteroatoms. The van der Waals surface area contributed by atoms with Gasteiger partial charge in [0.1, 0.15) is 12.4 Å². The van der Waals surface area contributed by atoms with E-state index in [2.05, 4.69) is 21.9 Å². The zero-order valence-electron chi connectivity index (χ0n) is 16.7. The van der Waals surface area contributed by atoms with Gasteiger partial charge in [0.2, 0.25) is 5.91 Å². The molecule has 2 aromatic rings. The van der Waals surface area contributed by atoms with Gasteiger partial charge in [-0.15, -0.1) is 0 Å². The number of rotatable bonds is 7. The Labute approximate surface area is 177 Å². The van der Waals surface area contributed by atoms with Crippen molar-refractivity contribution in [1.82, 2.24) is 9.80 Å². The summed E-state index contributed by atoms with van der Waals surface area (Å²) < 4.78 is 5.79. The van der Waals surface area contributed by atoms with Crippen molar-refractivity contribution in [3.63, 3.8) is 0 Å². The average Bonchev–Trinajstić information content (AvgIpc) is 3.19. The number of para-hydroxylation sites is 1. The molecule has 0 unspecified atom stereocenters. The lowest BCUT2D eigenvalue weighted by Crippen LogP contribution is -2.48. The Kier molecular flexibility index (Phi) is 6.70. The summed E-state index contributed by atoms with van der Waals surface area (Å²) in [5.74, 6) is 1.10. The quantitative estimate of drug-likeness (QED) is 0.697. The van der Waals surface area contributed by atoms with E-state index in [1.807, 2.05) is 41.3 Å². The Hall–Kier alpha value is -2.08. The van der Waals surface area contributed by atoms with Crippen LogP contribution in [-0.4, -0.2) is 68.1 Å². The summed E-state index contributed by atoms with van der Waals surface area (Å²) in [6, 6.07) is 15.7. The summed E-state index contributed by atoms with van der Waals surface area (Å²) in [6.07, 6.45) is 1.56. The van der Waals surface area contributed by atoms with Crippen LogP contribution in [0.3, 0.4) is 0 Å². The van der Waals surface area contributed by atoms with Crippen molar-refractivity contribution in [2.45, 2.75) is 12.8 Å². The van der Waals surface area contributed by atoms with Gasteiger partial charge in [-0.1, -0.05) is 29.8 Å². The Morgan fingerprint density at radius 3 is 2.34 bits per heavy atom. The molecule has 0 saturated carbocycles. The van der Waals surface area contributed by atoms with Crippen LogP contribution in [0.15, 0.2) is 48.5 Å². The fraction of sp³-hybridized carbons (Fsp3) is 0.435. The van der Waals surface area contributed by atoms with Crippen LogP contribution < -0.4 is 9.64 Å². The number of benzene rings is 2. The van der Waals surface area contributed by atoms with E-state index in [9.17, 15) is 4.79 Å². The minimum atomic E-state index is 0.244. The van der Waals surface area contributed by atoms with Gasteiger partial charge in [0.25, 0.3) is 0 Å². The van der Waals surface area contributed by atoms with E-state index < -0.39 is 0 Å². The summed E-state index contributed by atoms with van der Waals surface area (Å²) in [7, 11) is 0. The van der Waals surface area contributed by atoms with Gasteiger partial charge in [0.05, 0.1) is 0 Å². The molecule has 0 N–H and O–H groups in total. The van der Waals surface area contributed by atoms with Crippen molar-refractivity contribution < 1.29 is 9.53 Å². The topological polar surface area (TPSA) is 36.0 Å². The zero-order valence-corrected chi connectivity index (χ0v) is 17.5. The van der Waals surface area contributed by atoms with Crippen molar-refractivity contribution in [3.05, 3.63) is 59.1 Å². The molecule has 29 heavy (non-hydrogen) atoms. The molecule has 1 fully saturated rings. The highest BCUT2D eigenvalue weighted by molar-refractivity contribution is 6.30. The molecule has 5 nitrogen and oxygen atoms in total. The van der Waals surface area contributed by atoms with Crippen molar-refractivity contribution in [2.75, 3.05) is 57.3 Å². The molecule has 154 valence electrons. The van der Waals surface area contributed by atoms with Crippen LogP contribution in [0.25, 0.3) is 0 Å². The first kappa shape index (κ1) is 20.2. The predicted octanol–water partition coefficient (Wildman–Crippen LogP) is 3.32. The Balaban J connectivity index is 1.14. The van der Waals surface area contributed by atoms with Crippen LogP contribution in [0.4, 0.5) is 5.69 Å². The number of amides is 1. The number of halogens is 1. The molecule has 0 radical (unpaired) electrons. The van der Waals surface area contributed by atoms with E-state index in [1.54, 1.807) is 0 Å². The van der Waals surface area contributed by atoms with Crippen LogP contribution in [0.5, 0.6) is 5.75 Å². The van der Waals surface area contributed by atoms with Crippen LogP contribution >= 0.6 is 11.6 Å². The molecule has 0 bridgehead atoms. The minimum Gasteiger partial charge on any atom is -0.492 e. The van der Waals surface area contributed by atoms with Gasteiger partial charge in [-0.25, -0.2) is 0 Å². The number of hydrogen-bond donors (Lipinski definition) is 0. The van der Waals surface area contributed by atoms with Crippen molar-refractivity contribution in [1.29, 1.82) is 0 Å². The van der Waals surface area contributed by atoms with Gasteiger partial charge in [-0.05, 0) is 42.3 Å². The number of carbonyl (C=O) groups excluding carboxylic acids is 1. The minimum absolute atomic E-state index is 0.244. The number of fused-ring (bicyclic) bond motifs is 1. The maximum atomic E-state index is 12.7. The molecule has 1 amide bonds. The molecule has 2 heterocycles. The average molecular weight is 414 g/mol. The van der Waals surface area contributed by atoms with Gasteiger partial charge in [-0.2, -0.15) is 0 Å². The summed E-state index contributed by atoms with van der Waals surface area (Å²) >= 11 is 5.89. The summed E-state index contributed by atoms with van der Waals surface area (Å²) in [5.41, 5.74) is 2.39. The van der Waals surface area contributed by atoms with E-state index >= 15 is 0 Å². The monoisotopic (exact) mass is 413 g/mol. The van der Waals surface area contributed by atoms with Gasteiger partial charge >= 0.3 is 0 Å². The lowest BCUT2D eigenvalue weighted by Gasteiger charge is -2.34. The second-order valence-corrected chi connectivity index (χ2v) is 8.10. The molecule has 4 rings (SSSR count). The lowest BCUT2D eigenvalue weighted by molar-refractivity contribution is -0.118. The van der Waals surface area contributed by atoms with E-state index in [4.69, 9.17) is 16.3 Å². The van der Waals surface area contributed by atoms with Crippen molar-refractivity contribution in [3.8, 4) is 5.75 Å². The molecular weight excluding hydrogens is 386 g/mol. The highest BCUT2D eigenvalue weighted by Gasteiger charge is 2.25. The van der Waals surface area contributed by atoms with E-state index in [-0.39, 0.29) is 5.91 Å². The van der Waals surface area contributed by atoms with Gasteiger partial charge in [-0.3, -0.25) is 9.69 Å². The van der Waals surface area contributed by atoms with Gasteiger partial charge in [0.15, 0.2) is 0 Å². The smallest absolute Gasteiger partial charge is 0.228 e. The fourth-order valence-electron chi connectivity index (χ4n) is 4.05. The molecule has 2 aromatic carbocycles.